The quantitative estimate of drug-likeness (QED) is 0.732. The minimum absolute atomic E-state index is 0.0953. The van der Waals surface area contributed by atoms with Gasteiger partial charge in [0, 0.05) is 26.2 Å². The molecule has 0 aliphatic carbocycles. The van der Waals surface area contributed by atoms with Crippen molar-refractivity contribution in [2.75, 3.05) is 26.2 Å². The monoisotopic (exact) mass is 214 g/mol. The average molecular weight is 214 g/mol. The van der Waals surface area contributed by atoms with Crippen LogP contribution >= 0.6 is 0 Å². The molecule has 1 heterocycles. The topological polar surface area (TPSA) is 43.8 Å². The van der Waals surface area contributed by atoms with E-state index in [1.165, 1.54) is 0 Å². The molecule has 1 fully saturated rings. The van der Waals surface area contributed by atoms with Crippen LogP contribution in [0, 0.1) is 0 Å². The molecule has 0 spiro atoms. The maximum absolute atomic E-state index is 12.0. The molecule has 4 heteroatoms. The van der Waals surface area contributed by atoms with E-state index in [1.807, 2.05) is 25.7 Å². The first-order valence-corrected chi connectivity index (χ1v) is 5.81. The van der Waals surface area contributed by atoms with E-state index >= 15 is 0 Å². The lowest BCUT2D eigenvalue weighted by atomic mass is 10.2. The molecule has 15 heavy (non-hydrogen) atoms. The van der Waals surface area contributed by atoms with Gasteiger partial charge in [0.1, 0.15) is 0 Å². The molecule has 1 saturated heterocycles. The second-order valence-corrected chi connectivity index (χ2v) is 4.12. The summed E-state index contributed by atoms with van der Waals surface area (Å²) in [4.78, 5) is 15.9. The maximum atomic E-state index is 12.0. The number of carbonyl (C=O) groups is 1. The van der Waals surface area contributed by atoms with Gasteiger partial charge in [0.2, 0.25) is 5.91 Å². The summed E-state index contributed by atoms with van der Waals surface area (Å²) in [5.41, 5.74) is 0. The predicted molar refractivity (Wildman–Crippen MR) is 59.6 cm³/mol. The lowest BCUT2D eigenvalue weighted by Crippen LogP contribution is -2.46. The number of likely N-dealkylation sites (N-methyl/N-ethyl adjacent to an activating group) is 1. The molecule has 4 nitrogen and oxygen atoms in total. The van der Waals surface area contributed by atoms with Crippen LogP contribution in [0.4, 0.5) is 0 Å². The predicted octanol–water partition coefficient (Wildman–Crippen LogP) is 0.310. The van der Waals surface area contributed by atoms with E-state index in [9.17, 15) is 9.90 Å². The first-order valence-electron chi connectivity index (χ1n) is 5.81. The van der Waals surface area contributed by atoms with Gasteiger partial charge in [-0.2, -0.15) is 0 Å². The Hall–Kier alpha value is -0.610. The zero-order valence-corrected chi connectivity index (χ0v) is 9.94. The second kappa shape index (κ2) is 5.47. The Labute approximate surface area is 91.9 Å². The molecule has 1 amide bonds. The van der Waals surface area contributed by atoms with Gasteiger partial charge in [0.05, 0.1) is 12.1 Å². The fourth-order valence-electron chi connectivity index (χ4n) is 2.08. The first-order chi connectivity index (χ1) is 7.10. The number of likely N-dealkylation sites (tertiary alicyclic amines) is 1. The van der Waals surface area contributed by atoms with Crippen molar-refractivity contribution in [3.63, 3.8) is 0 Å². The largest absolute Gasteiger partial charge is 0.392 e. The third-order valence-electron chi connectivity index (χ3n) is 3.18. The Kier molecular flexibility index (Phi) is 4.54. The highest BCUT2D eigenvalue weighted by molar-refractivity contribution is 5.81. The smallest absolute Gasteiger partial charge is 0.239 e. The second-order valence-electron chi connectivity index (χ2n) is 4.12. The molecule has 0 saturated carbocycles. The van der Waals surface area contributed by atoms with Crippen molar-refractivity contribution in [2.24, 2.45) is 0 Å². The molecule has 0 aromatic carbocycles. The number of aliphatic hydroxyl groups is 1. The highest BCUT2D eigenvalue weighted by Crippen LogP contribution is 2.14. The summed E-state index contributed by atoms with van der Waals surface area (Å²) in [5, 5.41) is 9.42. The van der Waals surface area contributed by atoms with Gasteiger partial charge in [-0.1, -0.05) is 0 Å². The number of hydrogen-bond donors (Lipinski definition) is 1. The van der Waals surface area contributed by atoms with Gasteiger partial charge in [0.15, 0.2) is 0 Å². The van der Waals surface area contributed by atoms with Crippen molar-refractivity contribution < 1.29 is 9.90 Å². The van der Waals surface area contributed by atoms with Crippen LogP contribution < -0.4 is 0 Å². The maximum Gasteiger partial charge on any atom is 0.239 e. The van der Waals surface area contributed by atoms with Crippen LogP contribution in [0.5, 0.6) is 0 Å². The minimum atomic E-state index is -0.253. The molecule has 0 radical (unpaired) electrons. The van der Waals surface area contributed by atoms with E-state index < -0.39 is 0 Å². The first kappa shape index (κ1) is 12.5. The van der Waals surface area contributed by atoms with Crippen LogP contribution in [0.3, 0.4) is 0 Å². The van der Waals surface area contributed by atoms with Gasteiger partial charge in [0.25, 0.3) is 0 Å². The SMILES string of the molecule is CCN(CC)C(=O)C(C)N1CC[C@H](O)C1. The highest BCUT2D eigenvalue weighted by atomic mass is 16.3. The van der Waals surface area contributed by atoms with Crippen LogP contribution in [-0.4, -0.2) is 59.1 Å². The number of amides is 1. The zero-order valence-electron chi connectivity index (χ0n) is 9.94. The van der Waals surface area contributed by atoms with Gasteiger partial charge in [-0.25, -0.2) is 0 Å². The summed E-state index contributed by atoms with van der Waals surface area (Å²) in [6.07, 6.45) is 0.535. The number of nitrogens with zero attached hydrogens (tertiary/aromatic N) is 2. The highest BCUT2D eigenvalue weighted by Gasteiger charge is 2.30. The molecule has 1 aliphatic heterocycles. The molecular weight excluding hydrogens is 192 g/mol. The summed E-state index contributed by atoms with van der Waals surface area (Å²) < 4.78 is 0. The van der Waals surface area contributed by atoms with E-state index in [4.69, 9.17) is 0 Å². The number of aliphatic hydroxyl groups excluding tert-OH is 1. The summed E-state index contributed by atoms with van der Waals surface area (Å²) >= 11 is 0. The van der Waals surface area contributed by atoms with Crippen molar-refractivity contribution >= 4 is 5.91 Å². The van der Waals surface area contributed by atoms with E-state index in [0.717, 1.165) is 26.1 Å². The van der Waals surface area contributed by atoms with Crippen molar-refractivity contribution in [3.8, 4) is 0 Å². The van der Waals surface area contributed by atoms with Crippen LogP contribution in [0.2, 0.25) is 0 Å². The van der Waals surface area contributed by atoms with Crippen LogP contribution in [-0.2, 0) is 4.79 Å². The molecule has 1 N–H and O–H groups in total. The van der Waals surface area contributed by atoms with Gasteiger partial charge < -0.3 is 10.0 Å². The van der Waals surface area contributed by atoms with Gasteiger partial charge >= 0.3 is 0 Å². The Balaban J connectivity index is 2.52. The van der Waals surface area contributed by atoms with Crippen molar-refractivity contribution in [2.45, 2.75) is 39.3 Å². The number of hydrogen-bond acceptors (Lipinski definition) is 3. The van der Waals surface area contributed by atoms with Crippen molar-refractivity contribution in [1.82, 2.24) is 9.80 Å². The molecule has 1 aliphatic rings. The van der Waals surface area contributed by atoms with E-state index in [-0.39, 0.29) is 18.1 Å². The molecule has 2 atom stereocenters. The van der Waals surface area contributed by atoms with Gasteiger partial charge in [-0.05, 0) is 27.2 Å². The Morgan fingerprint density at radius 3 is 2.53 bits per heavy atom. The van der Waals surface area contributed by atoms with E-state index in [1.54, 1.807) is 0 Å². The fraction of sp³-hybridized carbons (Fsp3) is 0.909. The lowest BCUT2D eigenvalue weighted by molar-refractivity contribution is -0.135. The minimum Gasteiger partial charge on any atom is -0.392 e. The van der Waals surface area contributed by atoms with Crippen molar-refractivity contribution in [1.29, 1.82) is 0 Å². The van der Waals surface area contributed by atoms with Crippen molar-refractivity contribution in [3.05, 3.63) is 0 Å². The van der Waals surface area contributed by atoms with Gasteiger partial charge in [-0.15, -0.1) is 0 Å². The third-order valence-corrected chi connectivity index (χ3v) is 3.18. The van der Waals surface area contributed by atoms with Crippen LogP contribution in [0.25, 0.3) is 0 Å². The Bertz CT molecular complexity index is 217. The average Bonchev–Trinajstić information content (AvgIpc) is 2.65. The Morgan fingerprint density at radius 2 is 2.13 bits per heavy atom. The van der Waals surface area contributed by atoms with Crippen LogP contribution in [0.1, 0.15) is 27.2 Å². The number of carbonyl (C=O) groups excluding carboxylic acids is 1. The number of β-amino-alcohol motifs (C(OH)–C–C–N with tert-alkyl or cyclic N) is 1. The molecule has 0 aromatic heterocycles. The summed E-state index contributed by atoms with van der Waals surface area (Å²) in [6, 6.07) is -0.0953. The number of rotatable bonds is 4. The summed E-state index contributed by atoms with van der Waals surface area (Å²) in [5.74, 6) is 0.175. The van der Waals surface area contributed by atoms with E-state index in [2.05, 4.69) is 4.90 Å². The van der Waals surface area contributed by atoms with Crippen LogP contribution in [0.15, 0.2) is 0 Å². The molecule has 0 bridgehead atoms. The summed E-state index contributed by atoms with van der Waals surface area (Å²) in [6.45, 7) is 8.90. The molecular formula is C11H22N2O2. The summed E-state index contributed by atoms with van der Waals surface area (Å²) in [7, 11) is 0. The normalized spacial score (nSPS) is 24.1. The van der Waals surface area contributed by atoms with Gasteiger partial charge in [-0.3, -0.25) is 9.69 Å². The standard InChI is InChI=1S/C11H22N2O2/c1-4-12(5-2)11(15)9(3)13-7-6-10(14)8-13/h9-10,14H,4-8H2,1-3H3/t9?,10-/m0/s1. The fourth-order valence-corrected chi connectivity index (χ4v) is 2.08. The molecule has 1 rings (SSSR count). The molecule has 0 aromatic rings. The molecule has 1 unspecified atom stereocenters. The third kappa shape index (κ3) is 2.92. The van der Waals surface area contributed by atoms with E-state index in [0.29, 0.717) is 6.54 Å². The Morgan fingerprint density at radius 1 is 1.53 bits per heavy atom. The molecule has 88 valence electrons. The lowest BCUT2D eigenvalue weighted by Gasteiger charge is -2.28. The zero-order chi connectivity index (χ0) is 11.4.